The smallest absolute Gasteiger partial charge is 0.222 e. The summed E-state index contributed by atoms with van der Waals surface area (Å²) in [6.07, 6.45) is 1.76. The maximum atomic E-state index is 11.3. The molecule has 3 nitrogen and oxygen atoms in total. The molecule has 0 aromatic rings. The molecule has 0 rings (SSSR count). The zero-order valence-corrected chi connectivity index (χ0v) is 9.50. The second-order valence-corrected chi connectivity index (χ2v) is 4.19. The summed E-state index contributed by atoms with van der Waals surface area (Å²) in [6, 6.07) is 0. The Morgan fingerprint density at radius 2 is 1.77 bits per heavy atom. The Kier molecular flexibility index (Phi) is 5.71. The van der Waals surface area contributed by atoms with Crippen LogP contribution in [0, 0.1) is 5.92 Å². The Balaban J connectivity index is 3.62. The van der Waals surface area contributed by atoms with Gasteiger partial charge in [-0.3, -0.25) is 4.79 Å². The molecular formula is C10H22N2O. The van der Waals surface area contributed by atoms with Gasteiger partial charge >= 0.3 is 0 Å². The van der Waals surface area contributed by atoms with E-state index in [2.05, 4.69) is 25.9 Å². The van der Waals surface area contributed by atoms with Gasteiger partial charge in [-0.2, -0.15) is 0 Å². The molecule has 13 heavy (non-hydrogen) atoms. The lowest BCUT2D eigenvalue weighted by molar-refractivity contribution is -0.129. The summed E-state index contributed by atoms with van der Waals surface area (Å²) in [7, 11) is 7.73. The van der Waals surface area contributed by atoms with Crippen molar-refractivity contribution in [3.05, 3.63) is 0 Å². The van der Waals surface area contributed by atoms with Gasteiger partial charge in [-0.05, 0) is 33.0 Å². The number of carbonyl (C=O) groups excluding carboxylic acids is 1. The number of nitrogens with zero attached hydrogens (tertiary/aromatic N) is 2. The highest BCUT2D eigenvalue weighted by Crippen LogP contribution is 2.08. The first-order valence-electron chi connectivity index (χ1n) is 4.78. The Labute approximate surface area is 81.7 Å². The third kappa shape index (κ3) is 6.58. The molecule has 0 heterocycles. The molecule has 0 spiro atoms. The number of hydrogen-bond acceptors (Lipinski definition) is 2. The second-order valence-electron chi connectivity index (χ2n) is 4.19. The van der Waals surface area contributed by atoms with E-state index in [1.165, 1.54) is 0 Å². The number of carbonyl (C=O) groups is 1. The second kappa shape index (κ2) is 5.97. The molecule has 0 aliphatic heterocycles. The fraction of sp³-hybridized carbons (Fsp3) is 0.900. The van der Waals surface area contributed by atoms with Gasteiger partial charge in [0.25, 0.3) is 0 Å². The van der Waals surface area contributed by atoms with Crippen molar-refractivity contribution in [3.8, 4) is 0 Å². The Bertz CT molecular complexity index is 155. The molecule has 0 saturated carbocycles. The van der Waals surface area contributed by atoms with Gasteiger partial charge in [0, 0.05) is 20.5 Å². The predicted octanol–water partition coefficient (Wildman–Crippen LogP) is 1.05. The van der Waals surface area contributed by atoms with E-state index in [0.717, 1.165) is 13.0 Å². The van der Waals surface area contributed by atoms with Gasteiger partial charge in [-0.1, -0.05) is 6.92 Å². The quantitative estimate of drug-likeness (QED) is 0.641. The van der Waals surface area contributed by atoms with E-state index >= 15 is 0 Å². The van der Waals surface area contributed by atoms with E-state index < -0.39 is 0 Å². The van der Waals surface area contributed by atoms with Crippen molar-refractivity contribution < 1.29 is 4.79 Å². The SMILES string of the molecule is CC(CCN(C)C)CC(=O)N(C)C. The first kappa shape index (κ1) is 12.4. The van der Waals surface area contributed by atoms with E-state index in [9.17, 15) is 4.79 Å². The van der Waals surface area contributed by atoms with Gasteiger partial charge in [0.2, 0.25) is 5.91 Å². The van der Waals surface area contributed by atoms with E-state index in [1.54, 1.807) is 19.0 Å². The lowest BCUT2D eigenvalue weighted by Gasteiger charge is -2.17. The Morgan fingerprint density at radius 3 is 2.15 bits per heavy atom. The van der Waals surface area contributed by atoms with E-state index in [4.69, 9.17) is 0 Å². The molecule has 0 aromatic heterocycles. The molecule has 0 aromatic carbocycles. The van der Waals surface area contributed by atoms with Gasteiger partial charge in [0.15, 0.2) is 0 Å². The summed E-state index contributed by atoms with van der Waals surface area (Å²) >= 11 is 0. The summed E-state index contributed by atoms with van der Waals surface area (Å²) in [5.74, 6) is 0.712. The number of hydrogen-bond donors (Lipinski definition) is 0. The van der Waals surface area contributed by atoms with Crippen molar-refractivity contribution in [1.82, 2.24) is 9.80 Å². The Morgan fingerprint density at radius 1 is 1.23 bits per heavy atom. The highest BCUT2D eigenvalue weighted by molar-refractivity contribution is 5.75. The average molecular weight is 186 g/mol. The molecule has 1 amide bonds. The van der Waals surface area contributed by atoms with Crippen molar-refractivity contribution >= 4 is 5.91 Å². The zero-order valence-electron chi connectivity index (χ0n) is 9.50. The Hall–Kier alpha value is -0.570. The van der Waals surface area contributed by atoms with Crippen LogP contribution in [0.3, 0.4) is 0 Å². The average Bonchev–Trinajstić information content (AvgIpc) is 2.00. The summed E-state index contributed by atoms with van der Waals surface area (Å²) in [6.45, 7) is 3.19. The minimum Gasteiger partial charge on any atom is -0.349 e. The van der Waals surface area contributed by atoms with Gasteiger partial charge < -0.3 is 9.80 Å². The van der Waals surface area contributed by atoms with Crippen molar-refractivity contribution in [3.63, 3.8) is 0 Å². The summed E-state index contributed by atoms with van der Waals surface area (Å²) in [4.78, 5) is 15.1. The lowest BCUT2D eigenvalue weighted by Crippen LogP contribution is -2.24. The molecule has 0 N–H and O–H groups in total. The van der Waals surface area contributed by atoms with Crippen LogP contribution in [0.1, 0.15) is 19.8 Å². The van der Waals surface area contributed by atoms with Crippen molar-refractivity contribution in [2.75, 3.05) is 34.7 Å². The number of rotatable bonds is 5. The molecule has 0 radical (unpaired) electrons. The molecule has 1 atom stereocenters. The molecular weight excluding hydrogens is 164 g/mol. The van der Waals surface area contributed by atoms with E-state index in [1.807, 2.05) is 0 Å². The third-order valence-corrected chi connectivity index (χ3v) is 2.09. The van der Waals surface area contributed by atoms with Crippen LogP contribution in [0.2, 0.25) is 0 Å². The number of amides is 1. The van der Waals surface area contributed by atoms with Crippen LogP contribution in [0.25, 0.3) is 0 Å². The standard InChI is InChI=1S/C10H22N2O/c1-9(6-7-11(2)3)8-10(13)12(4)5/h9H,6-8H2,1-5H3. The van der Waals surface area contributed by atoms with E-state index in [0.29, 0.717) is 12.3 Å². The maximum Gasteiger partial charge on any atom is 0.222 e. The van der Waals surface area contributed by atoms with Crippen molar-refractivity contribution in [2.24, 2.45) is 5.92 Å². The molecule has 0 fully saturated rings. The summed E-state index contributed by atoms with van der Waals surface area (Å²) in [5, 5.41) is 0. The topological polar surface area (TPSA) is 23.6 Å². The fourth-order valence-electron chi connectivity index (χ4n) is 1.06. The van der Waals surface area contributed by atoms with Gasteiger partial charge in [0.05, 0.1) is 0 Å². The first-order chi connectivity index (χ1) is 5.93. The van der Waals surface area contributed by atoms with Crippen LogP contribution in [0.5, 0.6) is 0 Å². The molecule has 3 heteroatoms. The molecule has 0 aliphatic carbocycles. The van der Waals surface area contributed by atoms with Gasteiger partial charge in [-0.15, -0.1) is 0 Å². The van der Waals surface area contributed by atoms with Crippen molar-refractivity contribution in [1.29, 1.82) is 0 Å². The fourth-order valence-corrected chi connectivity index (χ4v) is 1.06. The summed E-state index contributed by atoms with van der Waals surface area (Å²) < 4.78 is 0. The predicted molar refractivity (Wildman–Crippen MR) is 55.6 cm³/mol. The minimum absolute atomic E-state index is 0.228. The van der Waals surface area contributed by atoms with Crippen LogP contribution in [0.4, 0.5) is 0 Å². The first-order valence-corrected chi connectivity index (χ1v) is 4.78. The maximum absolute atomic E-state index is 11.3. The lowest BCUT2D eigenvalue weighted by atomic mass is 10.0. The van der Waals surface area contributed by atoms with Crippen LogP contribution in [0.15, 0.2) is 0 Å². The summed E-state index contributed by atoms with van der Waals surface area (Å²) in [5.41, 5.74) is 0. The zero-order chi connectivity index (χ0) is 10.4. The largest absolute Gasteiger partial charge is 0.349 e. The van der Waals surface area contributed by atoms with Crippen LogP contribution >= 0.6 is 0 Å². The molecule has 78 valence electrons. The van der Waals surface area contributed by atoms with Crippen LogP contribution < -0.4 is 0 Å². The molecule has 0 bridgehead atoms. The van der Waals surface area contributed by atoms with Gasteiger partial charge in [0.1, 0.15) is 0 Å². The van der Waals surface area contributed by atoms with Crippen LogP contribution in [-0.2, 0) is 4.79 Å². The highest BCUT2D eigenvalue weighted by Gasteiger charge is 2.10. The normalized spacial score (nSPS) is 13.1. The molecule has 1 unspecified atom stereocenters. The van der Waals surface area contributed by atoms with Crippen LogP contribution in [-0.4, -0.2) is 50.4 Å². The third-order valence-electron chi connectivity index (χ3n) is 2.09. The highest BCUT2D eigenvalue weighted by atomic mass is 16.2. The molecule has 0 saturated heterocycles. The van der Waals surface area contributed by atoms with E-state index in [-0.39, 0.29) is 5.91 Å². The van der Waals surface area contributed by atoms with Gasteiger partial charge in [-0.25, -0.2) is 0 Å². The molecule has 0 aliphatic rings. The van der Waals surface area contributed by atoms with Crippen molar-refractivity contribution in [2.45, 2.75) is 19.8 Å². The monoisotopic (exact) mass is 186 g/mol. The minimum atomic E-state index is 0.228.